The Balaban J connectivity index is 2.20. The van der Waals surface area contributed by atoms with Gasteiger partial charge in [0.2, 0.25) is 0 Å². The molecule has 0 aliphatic heterocycles. The smallest absolute Gasteiger partial charge is 0.117 e. The van der Waals surface area contributed by atoms with Gasteiger partial charge in [0.05, 0.1) is 6.54 Å². The van der Waals surface area contributed by atoms with Gasteiger partial charge in [-0.3, -0.25) is 0 Å². The first-order valence-electron chi connectivity index (χ1n) is 4.79. The molecule has 3 nitrogen and oxygen atoms in total. The van der Waals surface area contributed by atoms with E-state index in [0.717, 1.165) is 37.6 Å². The van der Waals surface area contributed by atoms with Crippen LogP contribution in [0.15, 0.2) is 16.5 Å². The number of furan rings is 1. The second-order valence-corrected chi connectivity index (χ2v) is 3.00. The fourth-order valence-corrected chi connectivity index (χ4v) is 1.13. The topological polar surface area (TPSA) is 37.2 Å². The van der Waals surface area contributed by atoms with E-state index in [4.69, 9.17) is 4.42 Å². The van der Waals surface area contributed by atoms with Crippen molar-refractivity contribution in [2.45, 2.75) is 19.9 Å². The van der Waals surface area contributed by atoms with Crippen LogP contribution in [0.1, 0.15) is 18.4 Å². The van der Waals surface area contributed by atoms with E-state index in [0.29, 0.717) is 0 Å². The largest absolute Gasteiger partial charge is 0.465 e. The van der Waals surface area contributed by atoms with Gasteiger partial charge in [-0.1, -0.05) is 6.92 Å². The van der Waals surface area contributed by atoms with Crippen LogP contribution < -0.4 is 10.6 Å². The molecule has 0 atom stereocenters. The van der Waals surface area contributed by atoms with Gasteiger partial charge >= 0.3 is 0 Å². The zero-order chi connectivity index (χ0) is 9.52. The van der Waals surface area contributed by atoms with E-state index in [2.05, 4.69) is 17.6 Å². The lowest BCUT2D eigenvalue weighted by Crippen LogP contribution is -2.24. The van der Waals surface area contributed by atoms with Gasteiger partial charge in [-0.25, -0.2) is 0 Å². The van der Waals surface area contributed by atoms with Crippen molar-refractivity contribution in [2.75, 3.05) is 20.1 Å². The van der Waals surface area contributed by atoms with Crippen LogP contribution in [0.25, 0.3) is 0 Å². The molecule has 1 rings (SSSR count). The Morgan fingerprint density at radius 1 is 1.23 bits per heavy atom. The van der Waals surface area contributed by atoms with Gasteiger partial charge in [-0.05, 0) is 19.2 Å². The van der Waals surface area contributed by atoms with Crippen molar-refractivity contribution in [3.8, 4) is 0 Å². The highest BCUT2D eigenvalue weighted by Crippen LogP contribution is 2.07. The summed E-state index contributed by atoms with van der Waals surface area (Å²) in [6.07, 6.45) is 0.969. The molecule has 0 aliphatic rings. The summed E-state index contributed by atoms with van der Waals surface area (Å²) in [6.45, 7) is 4.87. The van der Waals surface area contributed by atoms with Crippen molar-refractivity contribution in [1.82, 2.24) is 10.6 Å². The number of hydrogen-bond donors (Lipinski definition) is 2. The molecule has 1 aromatic heterocycles. The fourth-order valence-electron chi connectivity index (χ4n) is 1.13. The van der Waals surface area contributed by atoms with Crippen LogP contribution in [0.5, 0.6) is 0 Å². The average molecular weight is 182 g/mol. The highest BCUT2D eigenvalue weighted by atomic mass is 16.3. The molecule has 0 aliphatic carbocycles. The number of nitrogens with one attached hydrogen (secondary N) is 2. The van der Waals surface area contributed by atoms with E-state index in [9.17, 15) is 0 Å². The molecular formula is C10H18N2O. The summed E-state index contributed by atoms with van der Waals surface area (Å²) < 4.78 is 5.53. The molecule has 3 heteroatoms. The highest BCUT2D eigenvalue weighted by Gasteiger charge is 1.98. The maximum Gasteiger partial charge on any atom is 0.117 e. The summed E-state index contributed by atoms with van der Waals surface area (Å²) in [4.78, 5) is 0. The van der Waals surface area contributed by atoms with Crippen molar-refractivity contribution >= 4 is 0 Å². The van der Waals surface area contributed by atoms with Crippen LogP contribution in [-0.4, -0.2) is 20.1 Å². The number of hydrogen-bond acceptors (Lipinski definition) is 3. The summed E-state index contributed by atoms with van der Waals surface area (Å²) in [7, 11) is 1.95. The molecule has 0 fully saturated rings. The maximum absolute atomic E-state index is 5.53. The summed E-state index contributed by atoms with van der Waals surface area (Å²) >= 11 is 0. The van der Waals surface area contributed by atoms with Crippen molar-refractivity contribution < 1.29 is 4.42 Å². The Bertz CT molecular complexity index is 233. The van der Waals surface area contributed by atoms with E-state index in [1.807, 2.05) is 19.2 Å². The third-order valence-electron chi connectivity index (χ3n) is 1.92. The Hall–Kier alpha value is -0.800. The van der Waals surface area contributed by atoms with Crippen LogP contribution in [-0.2, 0) is 13.0 Å². The first-order valence-corrected chi connectivity index (χ1v) is 4.79. The zero-order valence-electron chi connectivity index (χ0n) is 8.39. The number of aryl methyl sites for hydroxylation is 1. The lowest BCUT2D eigenvalue weighted by molar-refractivity contribution is 0.450. The molecule has 0 amide bonds. The van der Waals surface area contributed by atoms with Crippen molar-refractivity contribution in [1.29, 1.82) is 0 Å². The van der Waals surface area contributed by atoms with Crippen LogP contribution in [0.2, 0.25) is 0 Å². The molecular weight excluding hydrogens is 164 g/mol. The molecule has 0 unspecified atom stereocenters. The molecule has 0 radical (unpaired) electrons. The molecule has 0 bridgehead atoms. The summed E-state index contributed by atoms with van der Waals surface area (Å²) in [5.74, 6) is 2.08. The molecule has 13 heavy (non-hydrogen) atoms. The second kappa shape index (κ2) is 5.78. The summed E-state index contributed by atoms with van der Waals surface area (Å²) in [5.41, 5.74) is 0. The fraction of sp³-hybridized carbons (Fsp3) is 0.600. The SMILES string of the molecule is CCc1ccc(CNCCNC)o1. The summed E-state index contributed by atoms with van der Waals surface area (Å²) in [6, 6.07) is 4.07. The van der Waals surface area contributed by atoms with E-state index >= 15 is 0 Å². The molecule has 1 aromatic rings. The van der Waals surface area contributed by atoms with Gasteiger partial charge in [0, 0.05) is 19.5 Å². The van der Waals surface area contributed by atoms with E-state index in [-0.39, 0.29) is 0 Å². The third-order valence-corrected chi connectivity index (χ3v) is 1.92. The average Bonchev–Trinajstić information content (AvgIpc) is 2.60. The van der Waals surface area contributed by atoms with Gasteiger partial charge < -0.3 is 15.1 Å². The minimum atomic E-state index is 0.821. The van der Waals surface area contributed by atoms with Crippen molar-refractivity contribution in [3.05, 3.63) is 23.7 Å². The first-order chi connectivity index (χ1) is 6.36. The zero-order valence-corrected chi connectivity index (χ0v) is 8.39. The number of likely N-dealkylation sites (N-methyl/N-ethyl adjacent to an activating group) is 1. The van der Waals surface area contributed by atoms with Crippen LogP contribution in [0, 0.1) is 0 Å². The number of rotatable bonds is 6. The Labute approximate surface area is 79.5 Å². The quantitative estimate of drug-likeness (QED) is 0.648. The van der Waals surface area contributed by atoms with Crippen LogP contribution in [0.4, 0.5) is 0 Å². The summed E-state index contributed by atoms with van der Waals surface area (Å²) in [5, 5.41) is 6.36. The molecule has 0 aromatic carbocycles. The van der Waals surface area contributed by atoms with Gasteiger partial charge in [0.25, 0.3) is 0 Å². The second-order valence-electron chi connectivity index (χ2n) is 3.00. The van der Waals surface area contributed by atoms with Gasteiger partial charge in [-0.2, -0.15) is 0 Å². The van der Waals surface area contributed by atoms with E-state index in [1.165, 1.54) is 0 Å². The molecule has 0 spiro atoms. The van der Waals surface area contributed by atoms with Crippen molar-refractivity contribution in [3.63, 3.8) is 0 Å². The minimum absolute atomic E-state index is 0.821. The Morgan fingerprint density at radius 3 is 2.62 bits per heavy atom. The monoisotopic (exact) mass is 182 g/mol. The normalized spacial score (nSPS) is 10.6. The highest BCUT2D eigenvalue weighted by molar-refractivity contribution is 5.06. The Kier molecular flexibility index (Phi) is 4.57. The molecule has 74 valence electrons. The predicted molar refractivity (Wildman–Crippen MR) is 53.7 cm³/mol. The van der Waals surface area contributed by atoms with Crippen LogP contribution >= 0.6 is 0 Å². The van der Waals surface area contributed by atoms with Gasteiger partial charge in [0.15, 0.2) is 0 Å². The third kappa shape index (κ3) is 3.61. The minimum Gasteiger partial charge on any atom is -0.465 e. The standard InChI is InChI=1S/C10H18N2O/c1-3-9-4-5-10(13-9)8-12-7-6-11-2/h4-5,11-12H,3,6-8H2,1-2H3. The lowest BCUT2D eigenvalue weighted by Gasteiger charge is -2.00. The van der Waals surface area contributed by atoms with Crippen molar-refractivity contribution in [2.24, 2.45) is 0 Å². The van der Waals surface area contributed by atoms with E-state index < -0.39 is 0 Å². The van der Waals surface area contributed by atoms with Gasteiger partial charge in [-0.15, -0.1) is 0 Å². The maximum atomic E-state index is 5.53. The van der Waals surface area contributed by atoms with Crippen LogP contribution in [0.3, 0.4) is 0 Å². The molecule has 1 heterocycles. The van der Waals surface area contributed by atoms with E-state index in [1.54, 1.807) is 0 Å². The molecule has 2 N–H and O–H groups in total. The molecule has 0 saturated heterocycles. The predicted octanol–water partition coefficient (Wildman–Crippen LogP) is 1.15. The lowest BCUT2D eigenvalue weighted by atomic mass is 10.3. The first kappa shape index (κ1) is 10.3. The van der Waals surface area contributed by atoms with Gasteiger partial charge in [0.1, 0.15) is 11.5 Å². The molecule has 0 saturated carbocycles. The Morgan fingerprint density at radius 2 is 2.00 bits per heavy atom.